The third-order valence-electron chi connectivity index (χ3n) is 5.79. The van der Waals surface area contributed by atoms with Gasteiger partial charge in [0.2, 0.25) is 0 Å². The van der Waals surface area contributed by atoms with Gasteiger partial charge >= 0.3 is 0 Å². The number of hydrogen-bond acceptors (Lipinski definition) is 5. The van der Waals surface area contributed by atoms with E-state index in [9.17, 15) is 4.79 Å². The zero-order valence-electron chi connectivity index (χ0n) is 18.9. The molecule has 3 rings (SSSR count). The molecule has 0 radical (unpaired) electrons. The molecule has 2 heterocycles. The number of carbonyl (C=O) groups is 1. The molecule has 1 aliphatic heterocycles. The van der Waals surface area contributed by atoms with E-state index < -0.39 is 0 Å². The van der Waals surface area contributed by atoms with E-state index in [1.807, 2.05) is 27.1 Å². The second kappa shape index (κ2) is 9.51. The maximum Gasteiger partial charge on any atom is 0.251 e. The fourth-order valence-electron chi connectivity index (χ4n) is 4.00. The van der Waals surface area contributed by atoms with E-state index in [1.54, 1.807) is 30.0 Å². The average Bonchev–Trinajstić information content (AvgIpc) is 3.06. The molecule has 7 nitrogen and oxygen atoms in total. The molecule has 1 fully saturated rings. The molecule has 1 atom stereocenters. The summed E-state index contributed by atoms with van der Waals surface area (Å²) in [5.41, 5.74) is 2.48. The molecule has 7 heteroatoms. The fourth-order valence-corrected chi connectivity index (χ4v) is 4.00. The second-order valence-corrected chi connectivity index (χ2v) is 8.35. The quantitative estimate of drug-likeness (QED) is 0.751. The Morgan fingerprint density at radius 3 is 2.47 bits per heavy atom. The molecular weight excluding hydrogens is 380 g/mol. The Balaban J connectivity index is 1.69. The Morgan fingerprint density at radius 1 is 1.20 bits per heavy atom. The van der Waals surface area contributed by atoms with Crippen molar-refractivity contribution in [3.8, 4) is 11.5 Å². The van der Waals surface area contributed by atoms with Gasteiger partial charge in [0.15, 0.2) is 11.5 Å². The number of aryl methyl sites for hydroxylation is 2. The molecule has 0 aliphatic carbocycles. The van der Waals surface area contributed by atoms with E-state index in [0.29, 0.717) is 23.1 Å². The summed E-state index contributed by atoms with van der Waals surface area (Å²) in [6.45, 7) is 10.4. The van der Waals surface area contributed by atoms with Crippen LogP contribution in [0.25, 0.3) is 0 Å². The van der Waals surface area contributed by atoms with Gasteiger partial charge in [0, 0.05) is 43.5 Å². The number of aromatic nitrogens is 2. The summed E-state index contributed by atoms with van der Waals surface area (Å²) in [4.78, 5) is 15.3. The third-order valence-corrected chi connectivity index (χ3v) is 5.79. The number of ether oxygens (including phenoxy) is 2. The largest absolute Gasteiger partial charge is 0.493 e. The first-order valence-corrected chi connectivity index (χ1v) is 10.7. The van der Waals surface area contributed by atoms with Crippen LogP contribution in [0, 0.1) is 6.92 Å². The van der Waals surface area contributed by atoms with E-state index in [2.05, 4.69) is 29.2 Å². The van der Waals surface area contributed by atoms with Gasteiger partial charge in [-0.05, 0) is 58.7 Å². The van der Waals surface area contributed by atoms with Gasteiger partial charge in [-0.2, -0.15) is 5.10 Å². The van der Waals surface area contributed by atoms with Crippen molar-refractivity contribution in [3.63, 3.8) is 0 Å². The molecule has 164 valence electrons. The maximum absolute atomic E-state index is 12.9. The molecular formula is C23H34N4O3. The molecule has 1 amide bonds. The highest BCUT2D eigenvalue weighted by Gasteiger charge is 2.24. The molecule has 1 saturated heterocycles. The molecule has 0 saturated carbocycles. The van der Waals surface area contributed by atoms with Gasteiger partial charge in [-0.15, -0.1) is 0 Å². The van der Waals surface area contributed by atoms with Crippen LogP contribution in [-0.4, -0.2) is 52.9 Å². The predicted octanol–water partition coefficient (Wildman–Crippen LogP) is 3.48. The average molecular weight is 415 g/mol. The summed E-state index contributed by atoms with van der Waals surface area (Å²) in [5.74, 6) is 1.13. The smallest absolute Gasteiger partial charge is 0.251 e. The van der Waals surface area contributed by atoms with Gasteiger partial charge in [0.25, 0.3) is 5.91 Å². The lowest BCUT2D eigenvalue weighted by Crippen LogP contribution is -2.41. The highest BCUT2D eigenvalue weighted by molar-refractivity contribution is 5.95. The Labute approximate surface area is 179 Å². The summed E-state index contributed by atoms with van der Waals surface area (Å²) < 4.78 is 13.5. The minimum absolute atomic E-state index is 0.129. The minimum Gasteiger partial charge on any atom is -0.493 e. The molecule has 0 bridgehead atoms. The van der Waals surface area contributed by atoms with Crippen LogP contribution in [-0.2, 0) is 7.05 Å². The lowest BCUT2D eigenvalue weighted by Gasteiger charge is -2.34. The molecule has 30 heavy (non-hydrogen) atoms. The molecule has 2 aromatic rings. The van der Waals surface area contributed by atoms with E-state index in [-0.39, 0.29) is 18.1 Å². The lowest BCUT2D eigenvalue weighted by atomic mass is 10.1. The van der Waals surface area contributed by atoms with Crippen molar-refractivity contribution in [1.82, 2.24) is 20.0 Å². The van der Waals surface area contributed by atoms with Gasteiger partial charge in [-0.3, -0.25) is 9.48 Å². The van der Waals surface area contributed by atoms with Crippen molar-refractivity contribution >= 4 is 5.91 Å². The van der Waals surface area contributed by atoms with Crippen LogP contribution in [0.3, 0.4) is 0 Å². The van der Waals surface area contributed by atoms with Crippen LogP contribution in [0.1, 0.15) is 61.3 Å². The van der Waals surface area contributed by atoms with Crippen LogP contribution in [0.4, 0.5) is 0 Å². The number of piperidine rings is 1. The van der Waals surface area contributed by atoms with Crippen molar-refractivity contribution in [1.29, 1.82) is 0 Å². The normalized spacial score (nSPS) is 16.5. The van der Waals surface area contributed by atoms with E-state index >= 15 is 0 Å². The number of benzene rings is 1. The molecule has 1 unspecified atom stereocenters. The highest BCUT2D eigenvalue weighted by Crippen LogP contribution is 2.31. The molecule has 0 spiro atoms. The zero-order valence-corrected chi connectivity index (χ0v) is 18.9. The third kappa shape index (κ3) is 5.14. The van der Waals surface area contributed by atoms with Gasteiger partial charge in [-0.25, -0.2) is 0 Å². The standard InChI is InChI=1S/C23H34N4O3/c1-15(2)27-11-9-19(10-12-27)30-22-13-18(7-8-21(22)29-6)23(28)24-16(3)20-14-26(5)25-17(20)4/h7-8,13-16,19H,9-12H2,1-6H3,(H,24,28). The number of likely N-dealkylation sites (tertiary alicyclic amines) is 1. The lowest BCUT2D eigenvalue weighted by molar-refractivity contribution is 0.0818. The monoisotopic (exact) mass is 414 g/mol. The number of nitrogens with one attached hydrogen (secondary N) is 1. The Kier molecular flexibility index (Phi) is 7.02. The minimum atomic E-state index is -0.145. The van der Waals surface area contributed by atoms with Crippen molar-refractivity contribution < 1.29 is 14.3 Å². The number of hydrogen-bond donors (Lipinski definition) is 1. The van der Waals surface area contributed by atoms with Gasteiger partial charge in [0.1, 0.15) is 6.10 Å². The second-order valence-electron chi connectivity index (χ2n) is 8.35. The van der Waals surface area contributed by atoms with Crippen molar-refractivity contribution in [2.75, 3.05) is 20.2 Å². The zero-order chi connectivity index (χ0) is 21.8. The highest BCUT2D eigenvalue weighted by atomic mass is 16.5. The summed E-state index contributed by atoms with van der Waals surface area (Å²) in [6.07, 6.45) is 4.00. The van der Waals surface area contributed by atoms with Crippen LogP contribution < -0.4 is 14.8 Å². The van der Waals surface area contributed by atoms with Crippen LogP contribution in [0.15, 0.2) is 24.4 Å². The molecule has 1 aromatic carbocycles. The SMILES string of the molecule is COc1ccc(C(=O)NC(C)c2cn(C)nc2C)cc1OC1CCN(C(C)C)CC1. The summed E-state index contributed by atoms with van der Waals surface area (Å²) >= 11 is 0. The summed E-state index contributed by atoms with van der Waals surface area (Å²) in [7, 11) is 3.50. The number of amides is 1. The first-order chi connectivity index (χ1) is 14.3. The molecule has 1 aromatic heterocycles. The van der Waals surface area contributed by atoms with E-state index in [1.165, 1.54) is 0 Å². The van der Waals surface area contributed by atoms with Gasteiger partial charge in [0.05, 0.1) is 18.8 Å². The van der Waals surface area contributed by atoms with Crippen molar-refractivity contribution in [2.24, 2.45) is 7.05 Å². The van der Waals surface area contributed by atoms with Crippen molar-refractivity contribution in [3.05, 3.63) is 41.2 Å². The first-order valence-electron chi connectivity index (χ1n) is 10.7. The molecule has 1 aliphatic rings. The predicted molar refractivity (Wildman–Crippen MR) is 117 cm³/mol. The summed E-state index contributed by atoms with van der Waals surface area (Å²) in [6, 6.07) is 5.76. The van der Waals surface area contributed by atoms with Crippen molar-refractivity contribution in [2.45, 2.75) is 58.7 Å². The summed E-state index contributed by atoms with van der Waals surface area (Å²) in [5, 5.41) is 7.41. The fraction of sp³-hybridized carbons (Fsp3) is 0.565. The van der Waals surface area contributed by atoms with Crippen LogP contribution >= 0.6 is 0 Å². The Hall–Kier alpha value is -2.54. The van der Waals surface area contributed by atoms with E-state index in [4.69, 9.17) is 9.47 Å². The van der Waals surface area contributed by atoms with E-state index in [0.717, 1.165) is 37.2 Å². The number of rotatable bonds is 7. The molecule has 1 N–H and O–H groups in total. The van der Waals surface area contributed by atoms with Gasteiger partial charge in [-0.1, -0.05) is 0 Å². The number of nitrogens with zero attached hydrogens (tertiary/aromatic N) is 3. The maximum atomic E-state index is 12.9. The topological polar surface area (TPSA) is 68.6 Å². The Morgan fingerprint density at radius 2 is 1.90 bits per heavy atom. The first kappa shape index (κ1) is 22.2. The number of carbonyl (C=O) groups excluding carboxylic acids is 1. The van der Waals surface area contributed by atoms with Crippen LogP contribution in [0.5, 0.6) is 11.5 Å². The Bertz CT molecular complexity index is 869. The van der Waals surface area contributed by atoms with Crippen LogP contribution in [0.2, 0.25) is 0 Å². The number of methoxy groups -OCH3 is 1. The van der Waals surface area contributed by atoms with Gasteiger partial charge < -0.3 is 19.7 Å².